The fourth-order valence-electron chi connectivity index (χ4n) is 4.39. The minimum atomic E-state index is -0.0117. The molecule has 0 fully saturated rings. The summed E-state index contributed by atoms with van der Waals surface area (Å²) in [6, 6.07) is 14.6. The minimum Gasteiger partial charge on any atom is -0.326 e. The molecule has 2 aromatic heterocycles. The Bertz CT molecular complexity index is 1290. The van der Waals surface area contributed by atoms with Crippen molar-refractivity contribution in [2.45, 2.75) is 26.7 Å². The van der Waals surface area contributed by atoms with Crippen LogP contribution in [0.1, 0.15) is 35.0 Å². The van der Waals surface area contributed by atoms with Crippen molar-refractivity contribution in [1.82, 2.24) is 14.8 Å². The van der Waals surface area contributed by atoms with E-state index in [2.05, 4.69) is 47.4 Å². The number of Topliss-reactive ketones (excluding diaryl/α,β-unsaturated/α-hetero) is 1. The van der Waals surface area contributed by atoms with E-state index in [9.17, 15) is 4.79 Å². The van der Waals surface area contributed by atoms with Crippen LogP contribution in [-0.4, -0.2) is 27.1 Å². The molecule has 1 aliphatic heterocycles. The third-order valence-corrected chi connectivity index (χ3v) is 5.90. The van der Waals surface area contributed by atoms with Crippen molar-refractivity contribution in [2.75, 3.05) is 11.4 Å². The van der Waals surface area contributed by atoms with E-state index >= 15 is 0 Å². The first-order valence-electron chi connectivity index (χ1n) is 10.3. The van der Waals surface area contributed by atoms with Gasteiger partial charge in [0, 0.05) is 43.4 Å². The molecular formula is C25H24N4O. The van der Waals surface area contributed by atoms with E-state index in [1.807, 2.05) is 36.1 Å². The first kappa shape index (κ1) is 18.6. The number of hydrogen-bond donors (Lipinski definition) is 0. The zero-order valence-corrected chi connectivity index (χ0v) is 17.5. The van der Waals surface area contributed by atoms with Crippen LogP contribution in [-0.2, 0) is 13.5 Å². The number of carbonyl (C=O) groups is 1. The standard InChI is InChI=1S/C25H24N4O/c1-16-11-24-19(12-22(16)20-14-26-28(3)15-20)8-6-10-29(24)25-21-9-5-4-7-18(21)13-23(27-25)17(2)30/h4-5,7,9,11-15H,6,8,10H2,1-3H3. The smallest absolute Gasteiger partial charge is 0.178 e. The molecule has 0 radical (unpaired) electrons. The second-order valence-electron chi connectivity index (χ2n) is 8.06. The first-order valence-corrected chi connectivity index (χ1v) is 10.3. The summed E-state index contributed by atoms with van der Waals surface area (Å²) in [4.78, 5) is 19.2. The average molecular weight is 396 g/mol. The van der Waals surface area contributed by atoms with Crippen LogP contribution in [0.15, 0.2) is 54.9 Å². The van der Waals surface area contributed by atoms with Crippen LogP contribution in [0.5, 0.6) is 0 Å². The number of ketones is 1. The van der Waals surface area contributed by atoms with Crippen molar-refractivity contribution in [1.29, 1.82) is 0 Å². The first-order chi connectivity index (χ1) is 14.5. The van der Waals surface area contributed by atoms with E-state index in [1.165, 1.54) is 22.4 Å². The van der Waals surface area contributed by atoms with Gasteiger partial charge in [-0.1, -0.05) is 24.3 Å². The SMILES string of the molecule is CC(=O)c1cc2ccccc2c(N2CCCc3cc(-c4cnn(C)c4)c(C)cc32)n1. The minimum absolute atomic E-state index is 0.0117. The molecule has 0 N–H and O–H groups in total. The molecule has 3 heterocycles. The molecule has 5 nitrogen and oxygen atoms in total. The molecule has 0 saturated carbocycles. The molecule has 0 bridgehead atoms. The van der Waals surface area contributed by atoms with Crippen molar-refractivity contribution >= 4 is 28.1 Å². The summed E-state index contributed by atoms with van der Waals surface area (Å²) in [5, 5.41) is 6.45. The van der Waals surface area contributed by atoms with Gasteiger partial charge in [-0.3, -0.25) is 9.48 Å². The molecule has 0 aliphatic carbocycles. The van der Waals surface area contributed by atoms with Gasteiger partial charge in [-0.25, -0.2) is 4.98 Å². The van der Waals surface area contributed by atoms with Crippen molar-refractivity contribution in [2.24, 2.45) is 7.05 Å². The number of rotatable bonds is 3. The van der Waals surface area contributed by atoms with E-state index in [0.717, 1.165) is 41.5 Å². The Hall–Kier alpha value is -3.47. The highest BCUT2D eigenvalue weighted by molar-refractivity contribution is 6.01. The number of hydrogen-bond acceptors (Lipinski definition) is 4. The normalized spacial score (nSPS) is 13.5. The molecule has 0 saturated heterocycles. The van der Waals surface area contributed by atoms with Crippen molar-refractivity contribution < 1.29 is 4.79 Å². The summed E-state index contributed by atoms with van der Waals surface area (Å²) < 4.78 is 1.84. The Labute approximate surface area is 176 Å². The highest BCUT2D eigenvalue weighted by Crippen LogP contribution is 2.39. The van der Waals surface area contributed by atoms with E-state index < -0.39 is 0 Å². The fourth-order valence-corrected chi connectivity index (χ4v) is 4.39. The number of anilines is 2. The number of nitrogens with zero attached hydrogens (tertiary/aromatic N) is 4. The van der Waals surface area contributed by atoms with E-state index in [-0.39, 0.29) is 5.78 Å². The quantitative estimate of drug-likeness (QED) is 0.445. The summed E-state index contributed by atoms with van der Waals surface area (Å²) >= 11 is 0. The summed E-state index contributed by atoms with van der Waals surface area (Å²) in [5.41, 5.74) is 6.57. The molecule has 0 unspecified atom stereocenters. The highest BCUT2D eigenvalue weighted by Gasteiger charge is 2.24. The van der Waals surface area contributed by atoms with Crippen molar-refractivity contribution in [3.63, 3.8) is 0 Å². The third kappa shape index (κ3) is 3.07. The maximum atomic E-state index is 12.1. The summed E-state index contributed by atoms with van der Waals surface area (Å²) in [5.74, 6) is 0.857. The lowest BCUT2D eigenvalue weighted by Crippen LogP contribution is -2.26. The molecule has 2 aromatic carbocycles. The van der Waals surface area contributed by atoms with E-state index in [0.29, 0.717) is 5.69 Å². The molecule has 1 aliphatic rings. The van der Waals surface area contributed by atoms with E-state index in [1.54, 1.807) is 6.92 Å². The third-order valence-electron chi connectivity index (χ3n) is 5.90. The van der Waals surface area contributed by atoms with Crippen LogP contribution in [0.25, 0.3) is 21.9 Å². The molecule has 5 heteroatoms. The maximum absolute atomic E-state index is 12.1. The molecule has 4 aromatic rings. The van der Waals surface area contributed by atoms with E-state index in [4.69, 9.17) is 4.98 Å². The predicted molar refractivity (Wildman–Crippen MR) is 120 cm³/mol. The molecule has 5 rings (SSSR count). The van der Waals surface area contributed by atoms with Crippen LogP contribution < -0.4 is 4.90 Å². The van der Waals surface area contributed by atoms with Crippen LogP contribution in [0, 0.1) is 6.92 Å². The second kappa shape index (κ2) is 7.10. The van der Waals surface area contributed by atoms with Crippen molar-refractivity contribution in [3.05, 3.63) is 71.7 Å². The summed E-state index contributed by atoms with van der Waals surface area (Å²) in [6.07, 6.45) is 6.05. The van der Waals surface area contributed by atoms with Crippen LogP contribution >= 0.6 is 0 Å². The Morgan fingerprint density at radius 2 is 1.97 bits per heavy atom. The zero-order chi connectivity index (χ0) is 20.8. The van der Waals surface area contributed by atoms with Crippen LogP contribution in [0.4, 0.5) is 11.5 Å². The Morgan fingerprint density at radius 3 is 2.73 bits per heavy atom. The lowest BCUT2D eigenvalue weighted by Gasteiger charge is -2.32. The van der Waals surface area contributed by atoms with Crippen LogP contribution in [0.3, 0.4) is 0 Å². The van der Waals surface area contributed by atoms with Gasteiger partial charge in [0.1, 0.15) is 11.5 Å². The molecule has 0 spiro atoms. The van der Waals surface area contributed by atoms with Gasteiger partial charge in [-0.15, -0.1) is 0 Å². The lowest BCUT2D eigenvalue weighted by atomic mass is 9.93. The average Bonchev–Trinajstić information content (AvgIpc) is 3.18. The Kier molecular flexibility index (Phi) is 4.39. The number of aromatic nitrogens is 3. The lowest BCUT2D eigenvalue weighted by molar-refractivity contribution is 0.101. The predicted octanol–water partition coefficient (Wildman–Crippen LogP) is 5.23. The maximum Gasteiger partial charge on any atom is 0.178 e. The number of aryl methyl sites for hydroxylation is 3. The Morgan fingerprint density at radius 1 is 1.13 bits per heavy atom. The number of carbonyl (C=O) groups excluding carboxylic acids is 1. The van der Waals surface area contributed by atoms with Gasteiger partial charge >= 0.3 is 0 Å². The summed E-state index contributed by atoms with van der Waals surface area (Å²) in [6.45, 7) is 4.61. The monoisotopic (exact) mass is 396 g/mol. The molecule has 0 amide bonds. The highest BCUT2D eigenvalue weighted by atomic mass is 16.1. The van der Waals surface area contributed by atoms with Gasteiger partial charge in [0.15, 0.2) is 5.78 Å². The Balaban J connectivity index is 1.69. The van der Waals surface area contributed by atoms with Gasteiger partial charge in [-0.2, -0.15) is 5.10 Å². The number of fused-ring (bicyclic) bond motifs is 2. The van der Waals surface area contributed by atoms with Gasteiger partial charge < -0.3 is 4.90 Å². The van der Waals surface area contributed by atoms with Gasteiger partial charge in [0.25, 0.3) is 0 Å². The van der Waals surface area contributed by atoms with Gasteiger partial charge in [0.05, 0.1) is 6.20 Å². The van der Waals surface area contributed by atoms with Crippen molar-refractivity contribution in [3.8, 4) is 11.1 Å². The van der Waals surface area contributed by atoms with Gasteiger partial charge in [-0.05, 0) is 60.0 Å². The molecule has 0 atom stereocenters. The molecule has 30 heavy (non-hydrogen) atoms. The number of benzene rings is 2. The largest absolute Gasteiger partial charge is 0.326 e. The number of pyridine rings is 1. The van der Waals surface area contributed by atoms with Gasteiger partial charge in [0.2, 0.25) is 0 Å². The molecule has 150 valence electrons. The second-order valence-corrected chi connectivity index (χ2v) is 8.06. The molecular weight excluding hydrogens is 372 g/mol. The fraction of sp³-hybridized carbons (Fsp3) is 0.240. The zero-order valence-electron chi connectivity index (χ0n) is 17.5. The summed E-state index contributed by atoms with van der Waals surface area (Å²) in [7, 11) is 1.94. The van der Waals surface area contributed by atoms with Crippen LogP contribution in [0.2, 0.25) is 0 Å². The topological polar surface area (TPSA) is 51.0 Å².